The largest absolute Gasteiger partial charge is 0.310 e. The molecular weight excluding hydrogens is 260 g/mol. The van der Waals surface area contributed by atoms with Gasteiger partial charge in [-0.1, -0.05) is 12.8 Å². The molecule has 2 aromatic rings. The average Bonchev–Trinajstić information content (AvgIpc) is 3.18. The van der Waals surface area contributed by atoms with Crippen LogP contribution in [0.4, 0.5) is 0 Å². The number of rotatable bonds is 3. The molecule has 1 saturated carbocycles. The summed E-state index contributed by atoms with van der Waals surface area (Å²) in [5.74, 6) is 2.03. The van der Waals surface area contributed by atoms with E-state index in [1.807, 2.05) is 12.3 Å². The van der Waals surface area contributed by atoms with Gasteiger partial charge in [-0.05, 0) is 50.9 Å². The first kappa shape index (κ1) is 13.3. The van der Waals surface area contributed by atoms with E-state index in [0.717, 1.165) is 23.5 Å². The maximum Gasteiger partial charge on any atom is 0.160 e. The van der Waals surface area contributed by atoms with Gasteiger partial charge in [0.05, 0.1) is 0 Å². The molecule has 2 fully saturated rings. The van der Waals surface area contributed by atoms with Gasteiger partial charge >= 0.3 is 0 Å². The second kappa shape index (κ2) is 5.41. The van der Waals surface area contributed by atoms with Crippen LogP contribution in [0.15, 0.2) is 18.3 Å². The lowest BCUT2D eigenvalue weighted by molar-refractivity contribution is 0.388. The average molecular weight is 284 g/mol. The minimum absolute atomic E-state index is 0.624. The first-order chi connectivity index (χ1) is 10.3. The van der Waals surface area contributed by atoms with E-state index in [4.69, 9.17) is 4.98 Å². The Morgan fingerprint density at radius 3 is 2.86 bits per heavy atom. The molecule has 4 heteroatoms. The van der Waals surface area contributed by atoms with E-state index in [9.17, 15) is 0 Å². The van der Waals surface area contributed by atoms with Crippen LogP contribution in [0, 0.1) is 5.92 Å². The van der Waals surface area contributed by atoms with Gasteiger partial charge in [0.15, 0.2) is 5.65 Å². The van der Waals surface area contributed by atoms with Gasteiger partial charge in [-0.15, -0.1) is 0 Å². The number of nitrogens with zero attached hydrogens (tertiary/aromatic N) is 4. The zero-order chi connectivity index (χ0) is 14.2. The summed E-state index contributed by atoms with van der Waals surface area (Å²) in [6.45, 7) is 2.44. The summed E-state index contributed by atoms with van der Waals surface area (Å²) in [6, 6.07) is 4.73. The molecule has 1 aliphatic heterocycles. The molecule has 1 saturated heterocycles. The van der Waals surface area contributed by atoms with Crippen molar-refractivity contribution in [3.63, 3.8) is 0 Å². The molecule has 21 heavy (non-hydrogen) atoms. The van der Waals surface area contributed by atoms with Gasteiger partial charge in [-0.3, -0.25) is 0 Å². The van der Waals surface area contributed by atoms with Gasteiger partial charge in [0.2, 0.25) is 0 Å². The van der Waals surface area contributed by atoms with E-state index in [2.05, 4.69) is 27.6 Å². The predicted octanol–water partition coefficient (Wildman–Crippen LogP) is 3.04. The molecule has 0 bridgehead atoms. The SMILES string of the molecule is CN1CCC(Cc2nc3cccnc3n2C2CCCC2)C1. The van der Waals surface area contributed by atoms with Crippen molar-refractivity contribution in [3.8, 4) is 0 Å². The number of aromatic nitrogens is 3. The van der Waals surface area contributed by atoms with Crippen LogP contribution < -0.4 is 0 Å². The van der Waals surface area contributed by atoms with Crippen LogP contribution in [0.5, 0.6) is 0 Å². The molecule has 1 aliphatic carbocycles. The van der Waals surface area contributed by atoms with Crippen molar-refractivity contribution in [3.05, 3.63) is 24.2 Å². The second-order valence-electron chi connectivity index (χ2n) is 6.80. The quantitative estimate of drug-likeness (QED) is 0.868. The first-order valence-corrected chi connectivity index (χ1v) is 8.31. The molecule has 2 aromatic heterocycles. The van der Waals surface area contributed by atoms with Crippen LogP contribution in [0.25, 0.3) is 11.2 Å². The molecule has 4 rings (SSSR count). The molecule has 1 atom stereocenters. The zero-order valence-electron chi connectivity index (χ0n) is 12.8. The van der Waals surface area contributed by atoms with Crippen LogP contribution in [0.3, 0.4) is 0 Å². The molecular formula is C17H24N4. The van der Waals surface area contributed by atoms with Crippen LogP contribution >= 0.6 is 0 Å². The first-order valence-electron chi connectivity index (χ1n) is 8.31. The summed E-state index contributed by atoms with van der Waals surface area (Å²) < 4.78 is 2.47. The van der Waals surface area contributed by atoms with Gasteiger partial charge in [0.25, 0.3) is 0 Å². The van der Waals surface area contributed by atoms with Crippen LogP contribution in [-0.4, -0.2) is 39.6 Å². The highest BCUT2D eigenvalue weighted by molar-refractivity contribution is 5.71. The number of imidazole rings is 1. The lowest BCUT2D eigenvalue weighted by Gasteiger charge is -2.17. The Morgan fingerprint density at radius 2 is 2.10 bits per heavy atom. The summed E-state index contributed by atoms with van der Waals surface area (Å²) in [5, 5.41) is 0. The fraction of sp³-hybridized carbons (Fsp3) is 0.647. The summed E-state index contributed by atoms with van der Waals surface area (Å²) in [6.07, 6.45) is 9.60. The van der Waals surface area contributed by atoms with E-state index in [0.29, 0.717) is 6.04 Å². The molecule has 0 aromatic carbocycles. The van der Waals surface area contributed by atoms with E-state index in [1.165, 1.54) is 51.0 Å². The minimum atomic E-state index is 0.624. The standard InChI is InChI=1S/C17H24N4/c1-20-10-8-13(12-20)11-16-19-15-7-4-9-18-17(15)21(16)14-5-2-3-6-14/h4,7,9,13-14H,2-3,5-6,8,10-12H2,1H3. The van der Waals surface area contributed by atoms with Crippen LogP contribution in [0.1, 0.15) is 44.0 Å². The van der Waals surface area contributed by atoms with Crippen molar-refractivity contribution in [2.45, 2.75) is 44.6 Å². The van der Waals surface area contributed by atoms with Crippen molar-refractivity contribution in [1.29, 1.82) is 0 Å². The summed E-state index contributed by atoms with van der Waals surface area (Å²) >= 11 is 0. The fourth-order valence-corrected chi connectivity index (χ4v) is 4.12. The van der Waals surface area contributed by atoms with Crippen LogP contribution in [-0.2, 0) is 6.42 Å². The van der Waals surface area contributed by atoms with E-state index in [1.54, 1.807) is 0 Å². The third kappa shape index (κ3) is 2.46. The molecule has 4 nitrogen and oxygen atoms in total. The van der Waals surface area contributed by atoms with E-state index < -0.39 is 0 Å². The predicted molar refractivity (Wildman–Crippen MR) is 84.3 cm³/mol. The number of hydrogen-bond acceptors (Lipinski definition) is 3. The van der Waals surface area contributed by atoms with Crippen molar-refractivity contribution in [2.75, 3.05) is 20.1 Å². The molecule has 2 aliphatic rings. The molecule has 112 valence electrons. The van der Waals surface area contributed by atoms with Gasteiger partial charge in [-0.25, -0.2) is 9.97 Å². The Balaban J connectivity index is 1.70. The van der Waals surface area contributed by atoms with Crippen LogP contribution in [0.2, 0.25) is 0 Å². The van der Waals surface area contributed by atoms with E-state index >= 15 is 0 Å². The zero-order valence-corrected chi connectivity index (χ0v) is 12.8. The maximum atomic E-state index is 4.93. The Labute approximate surface area is 126 Å². The Hall–Kier alpha value is -1.42. The molecule has 0 radical (unpaired) electrons. The monoisotopic (exact) mass is 284 g/mol. The lowest BCUT2D eigenvalue weighted by atomic mass is 10.0. The maximum absolute atomic E-state index is 4.93. The highest BCUT2D eigenvalue weighted by Gasteiger charge is 2.26. The summed E-state index contributed by atoms with van der Waals surface area (Å²) in [7, 11) is 2.22. The highest BCUT2D eigenvalue weighted by Crippen LogP contribution is 2.34. The normalized spacial score (nSPS) is 24.3. The Bertz CT molecular complexity index is 627. The van der Waals surface area contributed by atoms with Gasteiger partial charge in [0.1, 0.15) is 11.3 Å². The second-order valence-corrected chi connectivity index (χ2v) is 6.80. The molecule has 1 unspecified atom stereocenters. The van der Waals surface area contributed by atoms with Crippen molar-refractivity contribution >= 4 is 11.2 Å². The Kier molecular flexibility index (Phi) is 3.42. The summed E-state index contributed by atoms with van der Waals surface area (Å²) in [4.78, 5) is 12.0. The Morgan fingerprint density at radius 1 is 1.24 bits per heavy atom. The van der Waals surface area contributed by atoms with Gasteiger partial charge in [-0.2, -0.15) is 0 Å². The molecule has 3 heterocycles. The van der Waals surface area contributed by atoms with Crippen molar-refractivity contribution in [2.24, 2.45) is 5.92 Å². The third-order valence-corrected chi connectivity index (χ3v) is 5.17. The number of fused-ring (bicyclic) bond motifs is 1. The number of likely N-dealkylation sites (tertiary alicyclic amines) is 1. The molecule has 0 spiro atoms. The smallest absolute Gasteiger partial charge is 0.160 e. The molecule has 0 amide bonds. The van der Waals surface area contributed by atoms with Crippen molar-refractivity contribution in [1.82, 2.24) is 19.4 Å². The summed E-state index contributed by atoms with van der Waals surface area (Å²) in [5.41, 5.74) is 2.18. The highest BCUT2D eigenvalue weighted by atomic mass is 15.2. The van der Waals surface area contributed by atoms with Gasteiger partial charge in [0, 0.05) is 25.2 Å². The van der Waals surface area contributed by atoms with E-state index in [-0.39, 0.29) is 0 Å². The minimum Gasteiger partial charge on any atom is -0.310 e. The topological polar surface area (TPSA) is 34.0 Å². The third-order valence-electron chi connectivity index (χ3n) is 5.17. The number of hydrogen-bond donors (Lipinski definition) is 0. The fourth-order valence-electron chi connectivity index (χ4n) is 4.12. The lowest BCUT2D eigenvalue weighted by Crippen LogP contribution is -2.17. The van der Waals surface area contributed by atoms with Gasteiger partial charge < -0.3 is 9.47 Å². The number of pyridine rings is 1. The van der Waals surface area contributed by atoms with Crippen molar-refractivity contribution < 1.29 is 0 Å². The molecule has 0 N–H and O–H groups in total.